The SMILES string of the molecule is C1=CN2B(C=Cc3ccccc32)C(C2(c3ccnc(-n4c5ccccc5c5ccc(Oc6cccc(N7CN(c8ccc(-n9c%10ccccc%10c%10ccccc%109)cc8)c8ccccc87)c6)cc54)c3)C3CC4CC(C3)CC2C4)=C1. The van der Waals surface area contributed by atoms with Gasteiger partial charge in [-0.15, -0.1) is 0 Å². The fourth-order valence-corrected chi connectivity index (χ4v) is 16.0. The van der Waals surface area contributed by atoms with Gasteiger partial charge in [-0.25, -0.2) is 4.98 Å². The van der Waals surface area contributed by atoms with E-state index in [-0.39, 0.29) is 12.3 Å². The Labute approximate surface area is 454 Å². The van der Waals surface area contributed by atoms with Crippen LogP contribution in [0, 0.1) is 23.7 Å². The molecule has 7 aliphatic rings. The van der Waals surface area contributed by atoms with Crippen LogP contribution in [0.3, 0.4) is 0 Å². The van der Waals surface area contributed by atoms with E-state index in [1.165, 1.54) is 87.2 Å². The number of nitrogens with zero attached hydrogens (tertiary/aromatic N) is 6. The number of aromatic nitrogens is 3. The molecule has 3 aromatic heterocycles. The Morgan fingerprint density at radius 2 is 1.09 bits per heavy atom. The molecule has 0 unspecified atom stereocenters. The molecule has 4 aliphatic carbocycles. The van der Waals surface area contributed by atoms with E-state index in [0.717, 1.165) is 62.9 Å². The summed E-state index contributed by atoms with van der Waals surface area (Å²) in [4.78, 5) is 12.6. The monoisotopic (exact) mass is 1010 g/mol. The van der Waals surface area contributed by atoms with E-state index in [0.29, 0.717) is 18.5 Å². The van der Waals surface area contributed by atoms with E-state index >= 15 is 0 Å². The number of anilines is 5. The minimum absolute atomic E-state index is 0.0978. The van der Waals surface area contributed by atoms with Gasteiger partial charge in [0, 0.05) is 68.0 Å². The third kappa shape index (κ3) is 6.49. The summed E-state index contributed by atoms with van der Waals surface area (Å²) < 4.78 is 11.7. The molecule has 7 nitrogen and oxygen atoms in total. The van der Waals surface area contributed by atoms with Crippen molar-refractivity contribution in [3.8, 4) is 23.0 Å². The molecule has 0 amide bonds. The molecule has 0 radical (unpaired) electrons. The summed E-state index contributed by atoms with van der Waals surface area (Å²) in [5.41, 5.74) is 15.8. The molecule has 8 aromatic carbocycles. The number of ether oxygens (including phenoxy) is 1. The van der Waals surface area contributed by atoms with Crippen LogP contribution in [0.1, 0.15) is 43.2 Å². The summed E-state index contributed by atoms with van der Waals surface area (Å²) in [6.07, 6.45) is 18.2. The van der Waals surface area contributed by atoms with E-state index < -0.39 is 0 Å². The Kier molecular flexibility index (Phi) is 9.62. The van der Waals surface area contributed by atoms with Crippen molar-refractivity contribution < 1.29 is 4.74 Å². The van der Waals surface area contributed by atoms with Gasteiger partial charge in [-0.05, 0) is 176 Å². The van der Waals surface area contributed by atoms with Gasteiger partial charge in [-0.3, -0.25) is 4.57 Å². The highest BCUT2D eigenvalue weighted by Crippen LogP contribution is 2.66. The predicted molar refractivity (Wildman–Crippen MR) is 321 cm³/mol. The molecule has 0 saturated heterocycles. The maximum Gasteiger partial charge on any atom is 0.316 e. The Morgan fingerprint density at radius 1 is 0.487 bits per heavy atom. The van der Waals surface area contributed by atoms with Crippen LogP contribution >= 0.6 is 0 Å². The van der Waals surface area contributed by atoms with Crippen LogP contribution < -0.4 is 19.3 Å². The van der Waals surface area contributed by atoms with Crippen molar-refractivity contribution in [2.24, 2.45) is 23.7 Å². The molecule has 0 atom stereocenters. The zero-order valence-corrected chi connectivity index (χ0v) is 43.2. The maximum atomic E-state index is 6.94. The molecule has 4 saturated carbocycles. The summed E-state index contributed by atoms with van der Waals surface area (Å²) in [5, 5.41) is 4.92. The Balaban J connectivity index is 0.709. The molecule has 0 N–H and O–H groups in total. The lowest BCUT2D eigenvalue weighted by molar-refractivity contribution is -0.0408. The van der Waals surface area contributed by atoms with Crippen LogP contribution in [0.15, 0.2) is 236 Å². The summed E-state index contributed by atoms with van der Waals surface area (Å²) >= 11 is 0. The van der Waals surface area contributed by atoms with Gasteiger partial charge in [0.1, 0.15) is 24.0 Å². The maximum absolute atomic E-state index is 6.94. The van der Waals surface area contributed by atoms with Crippen LogP contribution in [-0.2, 0) is 5.41 Å². The van der Waals surface area contributed by atoms with Crippen molar-refractivity contribution in [1.82, 2.24) is 14.1 Å². The summed E-state index contributed by atoms with van der Waals surface area (Å²) in [7, 11) is 0. The fourth-order valence-electron chi connectivity index (χ4n) is 16.0. The first-order valence-electron chi connectivity index (χ1n) is 28.1. The predicted octanol–water partition coefficient (Wildman–Crippen LogP) is 17.1. The normalized spacial score (nSPS) is 21.7. The molecule has 11 aromatic rings. The van der Waals surface area contributed by atoms with Crippen LogP contribution in [0.5, 0.6) is 11.5 Å². The summed E-state index contributed by atoms with van der Waals surface area (Å²) in [5.74, 6) is 7.85. The number of hydrogen-bond acceptors (Lipinski definition) is 5. The van der Waals surface area contributed by atoms with Gasteiger partial charge < -0.3 is 23.9 Å². The molecular weight excluding hydrogens is 952 g/mol. The Morgan fingerprint density at radius 3 is 1.81 bits per heavy atom. The van der Waals surface area contributed by atoms with E-state index in [4.69, 9.17) is 9.72 Å². The smallest absolute Gasteiger partial charge is 0.316 e. The van der Waals surface area contributed by atoms with Crippen molar-refractivity contribution in [2.45, 2.75) is 37.5 Å². The summed E-state index contributed by atoms with van der Waals surface area (Å²) in [6.45, 7) is 0.831. The standard InChI is InChI=1S/C70H55BN6O/c1-5-19-61-48(13-1)32-34-71-68(25-12-36-75(61)71)70(50-38-46-37-47(40-50)41-51(70)39-46)49-33-35-72-69(42-49)77-64-22-8-4-18-59(64)60-31-30-56(44-67(60)77)78-55-15-11-14-54(43-55)74-45-73(65-23-9-10-24-66(65)74)52-26-28-53(29-27-52)76-62-20-6-2-16-57(62)58-17-3-7-21-63(58)76/h1-36,42-44,46-47,50-51H,37-41,45H2. The number of allylic oxidation sites excluding steroid dienone is 3. The fraction of sp³-hybridized carbons (Fsp3) is 0.157. The molecule has 8 heteroatoms. The van der Waals surface area contributed by atoms with E-state index in [1.807, 2.05) is 0 Å². The van der Waals surface area contributed by atoms with Gasteiger partial charge in [0.15, 0.2) is 0 Å². The molecule has 78 heavy (non-hydrogen) atoms. The zero-order valence-electron chi connectivity index (χ0n) is 43.2. The first-order valence-corrected chi connectivity index (χ1v) is 28.1. The summed E-state index contributed by atoms with van der Waals surface area (Å²) in [6, 6.07) is 72.8. The number of rotatable bonds is 8. The molecular formula is C70H55BN6O. The van der Waals surface area contributed by atoms with Gasteiger partial charge in [0.25, 0.3) is 0 Å². The highest BCUT2D eigenvalue weighted by atomic mass is 16.5. The minimum Gasteiger partial charge on any atom is -0.457 e. The highest BCUT2D eigenvalue weighted by molar-refractivity contribution is 6.77. The second kappa shape index (κ2) is 17.0. The van der Waals surface area contributed by atoms with E-state index in [2.05, 4.69) is 261 Å². The number of para-hydroxylation sites is 6. The first-order chi connectivity index (χ1) is 38.6. The largest absolute Gasteiger partial charge is 0.457 e. The highest BCUT2D eigenvalue weighted by Gasteiger charge is 2.61. The molecule has 374 valence electrons. The minimum atomic E-state index is -0.0978. The number of hydrogen-bond donors (Lipinski definition) is 0. The van der Waals surface area contributed by atoms with Gasteiger partial charge >= 0.3 is 6.85 Å². The Bertz CT molecular complexity index is 4270. The van der Waals surface area contributed by atoms with Crippen molar-refractivity contribution >= 4 is 85.0 Å². The lowest BCUT2D eigenvalue weighted by atomic mass is 9.33. The third-order valence-corrected chi connectivity index (χ3v) is 18.9. The van der Waals surface area contributed by atoms with Crippen LogP contribution in [0.25, 0.3) is 61.2 Å². The van der Waals surface area contributed by atoms with Gasteiger partial charge in [-0.1, -0.05) is 115 Å². The van der Waals surface area contributed by atoms with Crippen LogP contribution in [-0.4, -0.2) is 27.6 Å². The van der Waals surface area contributed by atoms with Crippen LogP contribution in [0.4, 0.5) is 28.4 Å². The molecule has 3 aliphatic heterocycles. The zero-order chi connectivity index (χ0) is 51.1. The number of pyridine rings is 1. The van der Waals surface area contributed by atoms with Crippen molar-refractivity contribution in [3.05, 3.63) is 247 Å². The quantitative estimate of drug-likeness (QED) is 0.142. The van der Waals surface area contributed by atoms with Crippen molar-refractivity contribution in [3.63, 3.8) is 0 Å². The van der Waals surface area contributed by atoms with Crippen molar-refractivity contribution in [2.75, 3.05) is 21.3 Å². The first kappa shape index (κ1) is 44.2. The third-order valence-electron chi connectivity index (χ3n) is 18.9. The molecule has 6 heterocycles. The number of benzene rings is 8. The topological polar surface area (TPSA) is 41.7 Å². The van der Waals surface area contributed by atoms with Crippen molar-refractivity contribution in [1.29, 1.82) is 0 Å². The lowest BCUT2D eigenvalue weighted by Crippen LogP contribution is -2.60. The molecule has 4 fully saturated rings. The molecule has 18 rings (SSSR count). The average Bonchev–Trinajstić information content (AvgIpc) is 4.27. The second-order valence-electron chi connectivity index (χ2n) is 22.8. The van der Waals surface area contributed by atoms with Gasteiger partial charge in [0.2, 0.25) is 0 Å². The second-order valence-corrected chi connectivity index (χ2v) is 22.8. The number of fused-ring (bicyclic) bond motifs is 10. The molecule has 4 bridgehead atoms. The molecule has 0 spiro atoms. The van der Waals surface area contributed by atoms with Gasteiger partial charge in [0.05, 0.1) is 33.4 Å². The van der Waals surface area contributed by atoms with Gasteiger partial charge in [-0.2, -0.15) is 0 Å². The van der Waals surface area contributed by atoms with E-state index in [9.17, 15) is 0 Å². The Hall–Kier alpha value is -9.01. The lowest BCUT2D eigenvalue weighted by Gasteiger charge is -2.63. The van der Waals surface area contributed by atoms with E-state index in [1.54, 1.807) is 5.47 Å². The average molecular weight is 1010 g/mol. The van der Waals surface area contributed by atoms with Crippen LogP contribution in [0.2, 0.25) is 0 Å².